The number of piperidine rings is 2. The SMILES string of the molecule is CC1CCN(Cc2ccc(CNC(=O)C3CCN(S(=O)(=O)c4cccs4)CC3)cc2)CC1. The Morgan fingerprint density at radius 3 is 2.28 bits per heavy atom. The van der Waals surface area contributed by atoms with E-state index >= 15 is 0 Å². The summed E-state index contributed by atoms with van der Waals surface area (Å²) in [5.41, 5.74) is 2.40. The lowest BCUT2D eigenvalue weighted by atomic mass is 9.97. The van der Waals surface area contributed by atoms with Crippen molar-refractivity contribution >= 4 is 27.3 Å². The van der Waals surface area contributed by atoms with Gasteiger partial charge in [0.15, 0.2) is 0 Å². The lowest BCUT2D eigenvalue weighted by Crippen LogP contribution is -2.42. The average molecular weight is 476 g/mol. The summed E-state index contributed by atoms with van der Waals surface area (Å²) < 4.78 is 27.2. The summed E-state index contributed by atoms with van der Waals surface area (Å²) in [4.78, 5) is 15.1. The molecule has 174 valence electrons. The number of nitrogens with one attached hydrogen (secondary N) is 1. The Labute approximate surface area is 195 Å². The molecule has 0 spiro atoms. The zero-order valence-corrected chi connectivity index (χ0v) is 20.3. The van der Waals surface area contributed by atoms with Crippen LogP contribution in [-0.4, -0.2) is 49.7 Å². The number of thiophene rings is 1. The Morgan fingerprint density at radius 2 is 1.66 bits per heavy atom. The molecular weight excluding hydrogens is 442 g/mol. The molecule has 32 heavy (non-hydrogen) atoms. The fourth-order valence-corrected chi connectivity index (χ4v) is 7.08. The molecule has 2 aromatic rings. The van der Waals surface area contributed by atoms with E-state index in [9.17, 15) is 13.2 Å². The fraction of sp³-hybridized carbons (Fsp3) is 0.542. The molecule has 2 aliphatic rings. The average Bonchev–Trinajstić information content (AvgIpc) is 3.36. The molecule has 1 aromatic carbocycles. The third-order valence-corrected chi connectivity index (χ3v) is 9.96. The van der Waals surface area contributed by atoms with Gasteiger partial charge in [0.25, 0.3) is 10.0 Å². The highest BCUT2D eigenvalue weighted by molar-refractivity contribution is 7.91. The third kappa shape index (κ3) is 5.78. The summed E-state index contributed by atoms with van der Waals surface area (Å²) in [5.74, 6) is 0.727. The molecule has 2 saturated heterocycles. The van der Waals surface area contributed by atoms with Crippen molar-refractivity contribution in [3.05, 3.63) is 52.9 Å². The molecule has 1 aromatic heterocycles. The van der Waals surface area contributed by atoms with Crippen LogP contribution >= 0.6 is 11.3 Å². The van der Waals surface area contributed by atoms with E-state index in [1.54, 1.807) is 17.5 Å². The van der Waals surface area contributed by atoms with E-state index in [1.165, 1.54) is 47.1 Å². The summed E-state index contributed by atoms with van der Waals surface area (Å²) in [7, 11) is -3.42. The molecule has 4 rings (SSSR count). The predicted octanol–water partition coefficient (Wildman–Crippen LogP) is 3.70. The zero-order chi connectivity index (χ0) is 22.6. The van der Waals surface area contributed by atoms with Gasteiger partial charge in [0, 0.05) is 32.1 Å². The maximum atomic E-state index is 12.6. The molecule has 0 atom stereocenters. The van der Waals surface area contributed by atoms with E-state index in [-0.39, 0.29) is 11.8 Å². The molecule has 6 nitrogen and oxygen atoms in total. The molecule has 2 aliphatic heterocycles. The maximum Gasteiger partial charge on any atom is 0.252 e. The lowest BCUT2D eigenvalue weighted by molar-refractivity contribution is -0.126. The van der Waals surface area contributed by atoms with Gasteiger partial charge in [-0.2, -0.15) is 4.31 Å². The van der Waals surface area contributed by atoms with Crippen molar-refractivity contribution in [3.63, 3.8) is 0 Å². The van der Waals surface area contributed by atoms with Crippen LogP contribution in [0.15, 0.2) is 46.0 Å². The van der Waals surface area contributed by atoms with E-state index in [0.717, 1.165) is 18.0 Å². The molecule has 0 radical (unpaired) electrons. The molecular formula is C24H33N3O3S2. The fourth-order valence-electron chi connectivity index (χ4n) is 4.47. The Bertz CT molecular complexity index is 974. The Hall–Kier alpha value is -1.74. The molecule has 0 saturated carbocycles. The van der Waals surface area contributed by atoms with Gasteiger partial charge in [0.05, 0.1) is 0 Å². The minimum absolute atomic E-state index is 0.0182. The second-order valence-electron chi connectivity index (χ2n) is 9.10. The van der Waals surface area contributed by atoms with E-state index < -0.39 is 10.0 Å². The van der Waals surface area contributed by atoms with Gasteiger partial charge in [-0.05, 0) is 67.3 Å². The van der Waals surface area contributed by atoms with Crippen LogP contribution in [0.2, 0.25) is 0 Å². The quantitative estimate of drug-likeness (QED) is 0.663. The van der Waals surface area contributed by atoms with Crippen LogP contribution in [0.1, 0.15) is 43.7 Å². The highest BCUT2D eigenvalue weighted by Crippen LogP contribution is 2.26. The largest absolute Gasteiger partial charge is 0.352 e. The molecule has 3 heterocycles. The van der Waals surface area contributed by atoms with Crippen molar-refractivity contribution in [2.45, 2.75) is 49.9 Å². The second-order valence-corrected chi connectivity index (χ2v) is 12.2. The van der Waals surface area contributed by atoms with Gasteiger partial charge < -0.3 is 5.32 Å². The van der Waals surface area contributed by atoms with Gasteiger partial charge in [0.1, 0.15) is 4.21 Å². The zero-order valence-electron chi connectivity index (χ0n) is 18.7. The van der Waals surface area contributed by atoms with Crippen LogP contribution in [0.25, 0.3) is 0 Å². The normalized spacial score (nSPS) is 19.8. The van der Waals surface area contributed by atoms with Crippen LogP contribution in [0, 0.1) is 11.8 Å². The van der Waals surface area contributed by atoms with Crippen LogP contribution in [0.4, 0.5) is 0 Å². The number of hydrogen-bond acceptors (Lipinski definition) is 5. The van der Waals surface area contributed by atoms with Crippen molar-refractivity contribution in [1.29, 1.82) is 0 Å². The molecule has 2 fully saturated rings. The number of hydrogen-bond donors (Lipinski definition) is 1. The van der Waals surface area contributed by atoms with Gasteiger partial charge in [-0.3, -0.25) is 9.69 Å². The minimum atomic E-state index is -3.42. The van der Waals surface area contributed by atoms with Crippen molar-refractivity contribution in [2.24, 2.45) is 11.8 Å². The second kappa shape index (κ2) is 10.5. The Balaban J connectivity index is 1.21. The van der Waals surface area contributed by atoms with Crippen LogP contribution < -0.4 is 5.32 Å². The van der Waals surface area contributed by atoms with E-state index in [2.05, 4.69) is 41.4 Å². The topological polar surface area (TPSA) is 69.7 Å². The van der Waals surface area contributed by atoms with Crippen molar-refractivity contribution in [2.75, 3.05) is 26.2 Å². The van der Waals surface area contributed by atoms with Gasteiger partial charge in [0.2, 0.25) is 5.91 Å². The summed E-state index contributed by atoms with van der Waals surface area (Å²) in [5, 5.41) is 4.81. The molecule has 1 N–H and O–H groups in total. The predicted molar refractivity (Wildman–Crippen MR) is 128 cm³/mol. The van der Waals surface area contributed by atoms with Crippen LogP contribution in [0.3, 0.4) is 0 Å². The van der Waals surface area contributed by atoms with Gasteiger partial charge in [-0.1, -0.05) is 37.3 Å². The van der Waals surface area contributed by atoms with E-state index in [4.69, 9.17) is 0 Å². The monoisotopic (exact) mass is 475 g/mol. The first kappa shape index (κ1) is 23.4. The van der Waals surface area contributed by atoms with Crippen molar-refractivity contribution in [3.8, 4) is 0 Å². The highest BCUT2D eigenvalue weighted by atomic mass is 32.2. The van der Waals surface area contributed by atoms with Crippen LogP contribution in [-0.2, 0) is 27.9 Å². The van der Waals surface area contributed by atoms with Gasteiger partial charge >= 0.3 is 0 Å². The van der Waals surface area contributed by atoms with Gasteiger partial charge in [-0.25, -0.2) is 8.42 Å². The Morgan fingerprint density at radius 1 is 1.00 bits per heavy atom. The standard InChI is InChI=1S/C24H33N3O3S2/c1-19-8-12-26(13-9-19)18-21-6-4-20(5-7-21)17-25-24(28)22-10-14-27(15-11-22)32(29,30)23-3-2-16-31-23/h2-7,16,19,22H,8-15,17-18H2,1H3,(H,25,28). The number of benzene rings is 1. The minimum Gasteiger partial charge on any atom is -0.352 e. The molecule has 0 bridgehead atoms. The Kier molecular flexibility index (Phi) is 7.66. The van der Waals surface area contributed by atoms with E-state index in [0.29, 0.717) is 36.7 Å². The lowest BCUT2D eigenvalue weighted by Gasteiger charge is -2.30. The maximum absolute atomic E-state index is 12.6. The summed E-state index contributed by atoms with van der Waals surface area (Å²) >= 11 is 1.24. The molecule has 1 amide bonds. The number of rotatable bonds is 7. The van der Waals surface area contributed by atoms with Gasteiger partial charge in [-0.15, -0.1) is 11.3 Å². The number of likely N-dealkylation sites (tertiary alicyclic amines) is 1. The summed E-state index contributed by atoms with van der Waals surface area (Å²) in [6.45, 7) is 6.96. The number of sulfonamides is 1. The first-order valence-corrected chi connectivity index (χ1v) is 13.9. The summed E-state index contributed by atoms with van der Waals surface area (Å²) in [6.07, 6.45) is 3.68. The molecule has 0 aliphatic carbocycles. The first-order valence-electron chi connectivity index (χ1n) is 11.5. The van der Waals surface area contributed by atoms with Crippen molar-refractivity contribution in [1.82, 2.24) is 14.5 Å². The number of carbonyl (C=O) groups is 1. The third-order valence-electron chi connectivity index (χ3n) is 6.69. The molecule has 0 unspecified atom stereocenters. The van der Waals surface area contributed by atoms with Crippen molar-refractivity contribution < 1.29 is 13.2 Å². The van der Waals surface area contributed by atoms with Crippen LogP contribution in [0.5, 0.6) is 0 Å². The summed E-state index contributed by atoms with van der Waals surface area (Å²) in [6, 6.07) is 11.9. The number of nitrogens with zero attached hydrogens (tertiary/aromatic N) is 2. The van der Waals surface area contributed by atoms with E-state index in [1.807, 2.05) is 0 Å². The smallest absolute Gasteiger partial charge is 0.252 e. The molecule has 8 heteroatoms. The number of carbonyl (C=O) groups excluding carboxylic acids is 1. The number of amides is 1. The first-order chi connectivity index (χ1) is 15.4. The highest BCUT2D eigenvalue weighted by Gasteiger charge is 2.32.